The normalized spacial score (nSPS) is 35.8. The predicted octanol–water partition coefficient (Wildman–Crippen LogP) is 0.703. The molecule has 19 heavy (non-hydrogen) atoms. The number of nitrogens with zero attached hydrogens (tertiary/aromatic N) is 2. The zero-order valence-corrected chi connectivity index (χ0v) is 11.9. The average Bonchev–Trinajstić information content (AvgIpc) is 2.96. The average molecular weight is 284 g/mol. The highest BCUT2D eigenvalue weighted by Crippen LogP contribution is 2.46. The molecule has 1 aliphatic carbocycles. The lowest BCUT2D eigenvalue weighted by Crippen LogP contribution is -2.49. The molecule has 3 atom stereocenters. The molecular weight excluding hydrogens is 264 g/mol. The highest BCUT2D eigenvalue weighted by molar-refractivity contribution is 8.00. The van der Waals surface area contributed by atoms with Crippen molar-refractivity contribution in [3.63, 3.8) is 0 Å². The summed E-state index contributed by atoms with van der Waals surface area (Å²) in [6, 6.07) is -0.617. The fourth-order valence-corrected chi connectivity index (χ4v) is 4.73. The number of likely N-dealkylation sites (tertiary alicyclic amines) is 1. The molecule has 1 saturated carbocycles. The predicted molar refractivity (Wildman–Crippen MR) is 72.8 cm³/mol. The van der Waals surface area contributed by atoms with Crippen LogP contribution in [0.1, 0.15) is 19.3 Å². The second-order valence-corrected chi connectivity index (χ2v) is 7.06. The van der Waals surface area contributed by atoms with Gasteiger partial charge in [0.1, 0.15) is 6.04 Å². The zero-order chi connectivity index (χ0) is 13.6. The molecule has 3 aliphatic rings. The number of aliphatic carboxylic acids is 1. The van der Waals surface area contributed by atoms with Crippen molar-refractivity contribution in [2.24, 2.45) is 11.8 Å². The Balaban J connectivity index is 1.77. The maximum atomic E-state index is 12.7. The summed E-state index contributed by atoms with van der Waals surface area (Å²) in [7, 11) is 2.01. The first-order valence-corrected chi connectivity index (χ1v) is 7.98. The van der Waals surface area contributed by atoms with E-state index in [1.807, 2.05) is 7.05 Å². The summed E-state index contributed by atoms with van der Waals surface area (Å²) < 4.78 is 0. The molecule has 0 aromatic heterocycles. The molecule has 0 bridgehead atoms. The molecule has 3 rings (SSSR count). The smallest absolute Gasteiger partial charge is 0.327 e. The van der Waals surface area contributed by atoms with Gasteiger partial charge in [0.15, 0.2) is 0 Å². The van der Waals surface area contributed by atoms with Crippen molar-refractivity contribution in [1.29, 1.82) is 0 Å². The zero-order valence-electron chi connectivity index (χ0n) is 11.1. The van der Waals surface area contributed by atoms with Gasteiger partial charge in [-0.2, -0.15) is 0 Å². The van der Waals surface area contributed by atoms with Gasteiger partial charge in [-0.15, -0.1) is 11.8 Å². The monoisotopic (exact) mass is 284 g/mol. The molecule has 0 radical (unpaired) electrons. The van der Waals surface area contributed by atoms with Crippen molar-refractivity contribution >= 4 is 23.6 Å². The topological polar surface area (TPSA) is 60.9 Å². The lowest BCUT2D eigenvalue weighted by molar-refractivity contribution is -0.151. The molecule has 3 fully saturated rings. The van der Waals surface area contributed by atoms with Gasteiger partial charge in [0.2, 0.25) is 5.91 Å². The summed E-state index contributed by atoms with van der Waals surface area (Å²) >= 11 is 1.66. The minimum absolute atomic E-state index is 0.00759. The summed E-state index contributed by atoms with van der Waals surface area (Å²) in [5.74, 6) is 0.281. The van der Waals surface area contributed by atoms with Gasteiger partial charge >= 0.3 is 5.97 Å². The Kier molecular flexibility index (Phi) is 3.47. The quantitative estimate of drug-likeness (QED) is 0.827. The van der Waals surface area contributed by atoms with E-state index in [9.17, 15) is 14.7 Å². The van der Waals surface area contributed by atoms with Crippen LogP contribution in [0.25, 0.3) is 0 Å². The fraction of sp³-hybridized carbons (Fsp3) is 0.846. The second-order valence-electron chi connectivity index (χ2n) is 5.91. The minimum Gasteiger partial charge on any atom is -0.480 e. The van der Waals surface area contributed by atoms with E-state index in [4.69, 9.17) is 0 Å². The van der Waals surface area contributed by atoms with Crippen LogP contribution in [0.5, 0.6) is 0 Å². The van der Waals surface area contributed by atoms with Gasteiger partial charge in [-0.1, -0.05) is 0 Å². The maximum Gasteiger partial charge on any atom is 0.327 e. The molecule has 1 amide bonds. The van der Waals surface area contributed by atoms with Crippen LogP contribution in [0.3, 0.4) is 0 Å². The van der Waals surface area contributed by atoms with E-state index in [-0.39, 0.29) is 17.2 Å². The molecule has 2 heterocycles. The maximum absolute atomic E-state index is 12.7. The first-order chi connectivity index (χ1) is 9.08. The van der Waals surface area contributed by atoms with Crippen LogP contribution < -0.4 is 0 Å². The number of rotatable bonds is 3. The van der Waals surface area contributed by atoms with Crippen molar-refractivity contribution in [2.45, 2.75) is 30.7 Å². The summed E-state index contributed by atoms with van der Waals surface area (Å²) in [5, 5.41) is 9.44. The van der Waals surface area contributed by atoms with E-state index >= 15 is 0 Å². The Morgan fingerprint density at radius 1 is 1.26 bits per heavy atom. The number of carbonyl (C=O) groups excluding carboxylic acids is 1. The van der Waals surface area contributed by atoms with E-state index < -0.39 is 12.0 Å². The largest absolute Gasteiger partial charge is 0.480 e. The molecule has 2 saturated heterocycles. The molecule has 0 aromatic carbocycles. The Labute approximate surface area is 117 Å². The van der Waals surface area contributed by atoms with Gasteiger partial charge in [0, 0.05) is 12.3 Å². The van der Waals surface area contributed by atoms with E-state index in [0.29, 0.717) is 11.7 Å². The minimum atomic E-state index is -0.852. The number of carbonyl (C=O) groups is 2. The highest BCUT2D eigenvalue weighted by Gasteiger charge is 2.49. The van der Waals surface area contributed by atoms with Gasteiger partial charge in [-0.3, -0.25) is 4.79 Å². The molecule has 0 spiro atoms. The summed E-state index contributed by atoms with van der Waals surface area (Å²) in [6.45, 7) is 1.70. The van der Waals surface area contributed by atoms with Crippen LogP contribution >= 0.6 is 11.8 Å². The number of amides is 1. The Hall–Kier alpha value is -0.750. The van der Waals surface area contributed by atoms with Crippen LogP contribution in [0.2, 0.25) is 0 Å². The third kappa shape index (κ3) is 2.48. The number of hydrogen-bond donors (Lipinski definition) is 1. The lowest BCUT2D eigenvalue weighted by atomic mass is 10.1. The molecular formula is C13H20N2O3S. The third-order valence-electron chi connectivity index (χ3n) is 4.34. The Morgan fingerprint density at radius 2 is 2.00 bits per heavy atom. The van der Waals surface area contributed by atoms with Crippen molar-refractivity contribution in [2.75, 3.05) is 25.9 Å². The number of hydrogen-bond acceptors (Lipinski definition) is 4. The van der Waals surface area contributed by atoms with Gasteiger partial charge in [-0.25, -0.2) is 4.79 Å². The summed E-state index contributed by atoms with van der Waals surface area (Å²) in [6.07, 6.45) is 3.14. The fourth-order valence-electron chi connectivity index (χ4n) is 3.09. The third-order valence-corrected chi connectivity index (χ3v) is 5.80. The van der Waals surface area contributed by atoms with E-state index in [1.54, 1.807) is 16.7 Å². The Bertz CT molecular complexity index is 399. The first-order valence-electron chi connectivity index (χ1n) is 6.93. The SMILES string of the molecule is CN1CCC(C(=O)N2C(C(=O)O)CSC2C2CC2)C1. The molecule has 6 heteroatoms. The molecule has 106 valence electrons. The number of thioether (sulfide) groups is 1. The summed E-state index contributed by atoms with van der Waals surface area (Å²) in [5.41, 5.74) is 0. The lowest BCUT2D eigenvalue weighted by Gasteiger charge is -2.29. The van der Waals surface area contributed by atoms with Gasteiger partial charge < -0.3 is 14.9 Å². The summed E-state index contributed by atoms with van der Waals surface area (Å²) in [4.78, 5) is 27.9. The van der Waals surface area contributed by atoms with Crippen molar-refractivity contribution < 1.29 is 14.7 Å². The van der Waals surface area contributed by atoms with E-state index in [1.165, 1.54) is 0 Å². The first kappa shape index (κ1) is 13.2. The van der Waals surface area contributed by atoms with Gasteiger partial charge in [-0.05, 0) is 38.8 Å². The van der Waals surface area contributed by atoms with Gasteiger partial charge in [0.05, 0.1) is 11.3 Å². The molecule has 0 aromatic rings. The second kappa shape index (κ2) is 4.98. The van der Waals surface area contributed by atoms with Crippen LogP contribution in [-0.2, 0) is 9.59 Å². The van der Waals surface area contributed by atoms with Crippen LogP contribution in [0.4, 0.5) is 0 Å². The van der Waals surface area contributed by atoms with Crippen molar-refractivity contribution in [1.82, 2.24) is 9.80 Å². The van der Waals surface area contributed by atoms with Gasteiger partial charge in [0.25, 0.3) is 0 Å². The van der Waals surface area contributed by atoms with Crippen molar-refractivity contribution in [3.05, 3.63) is 0 Å². The van der Waals surface area contributed by atoms with Crippen LogP contribution in [0, 0.1) is 11.8 Å². The molecule has 5 nitrogen and oxygen atoms in total. The molecule has 3 unspecified atom stereocenters. The number of carboxylic acids is 1. The Morgan fingerprint density at radius 3 is 2.53 bits per heavy atom. The molecule has 1 N–H and O–H groups in total. The highest BCUT2D eigenvalue weighted by atomic mass is 32.2. The van der Waals surface area contributed by atoms with E-state index in [0.717, 1.165) is 32.4 Å². The standard InChI is InChI=1S/C13H20N2O3S/c1-14-5-4-9(6-14)11(16)15-10(13(17)18)7-19-12(15)8-2-3-8/h8-10,12H,2-7H2,1H3,(H,17,18). The molecule has 2 aliphatic heterocycles. The van der Waals surface area contributed by atoms with Crippen molar-refractivity contribution in [3.8, 4) is 0 Å². The van der Waals surface area contributed by atoms with E-state index in [2.05, 4.69) is 4.90 Å². The van der Waals surface area contributed by atoms with Crippen LogP contribution in [0.15, 0.2) is 0 Å². The number of carboxylic acid groups (broad SMARTS) is 1. The van der Waals surface area contributed by atoms with Crippen LogP contribution in [-0.4, -0.2) is 64.1 Å².